The van der Waals surface area contributed by atoms with E-state index in [0.717, 1.165) is 23.3 Å². The summed E-state index contributed by atoms with van der Waals surface area (Å²) in [7, 11) is 1.96. The normalized spacial score (nSPS) is 11.2. The fourth-order valence-corrected chi connectivity index (χ4v) is 2.49. The summed E-state index contributed by atoms with van der Waals surface area (Å²) >= 11 is 0. The van der Waals surface area contributed by atoms with E-state index in [0.29, 0.717) is 0 Å². The molecule has 1 N–H and O–H groups in total. The summed E-state index contributed by atoms with van der Waals surface area (Å²) in [5, 5.41) is 3.19. The van der Waals surface area contributed by atoms with Gasteiger partial charge in [-0.15, -0.1) is 0 Å². The zero-order valence-corrected chi connectivity index (χ0v) is 12.1. The molecule has 0 saturated carbocycles. The van der Waals surface area contributed by atoms with Crippen LogP contribution in [0.5, 0.6) is 0 Å². The van der Waals surface area contributed by atoms with E-state index in [9.17, 15) is 0 Å². The van der Waals surface area contributed by atoms with Gasteiger partial charge in [-0.25, -0.2) is 4.98 Å². The van der Waals surface area contributed by atoms with E-state index >= 15 is 0 Å². The van der Waals surface area contributed by atoms with E-state index in [1.54, 1.807) is 0 Å². The maximum absolute atomic E-state index is 4.52. The summed E-state index contributed by atoms with van der Waals surface area (Å²) in [5.41, 5.74) is 7.22. The molecule has 0 bridgehead atoms. The topological polar surface area (TPSA) is 29.9 Å². The quantitative estimate of drug-likeness (QED) is 0.787. The maximum Gasteiger partial charge on any atom is 0.100 e. The highest BCUT2D eigenvalue weighted by Gasteiger charge is 2.07. The van der Waals surface area contributed by atoms with Crippen LogP contribution in [0.1, 0.15) is 16.7 Å². The van der Waals surface area contributed by atoms with Crippen molar-refractivity contribution in [1.29, 1.82) is 0 Å². The van der Waals surface area contributed by atoms with Crippen molar-refractivity contribution >= 4 is 11.0 Å². The number of nitrogens with zero attached hydrogens (tertiary/aromatic N) is 2. The van der Waals surface area contributed by atoms with E-state index in [2.05, 4.69) is 65.1 Å². The highest BCUT2D eigenvalue weighted by atomic mass is 15.0. The Morgan fingerprint density at radius 2 is 1.90 bits per heavy atom. The number of imidazole rings is 1. The number of hydrogen-bond donors (Lipinski definition) is 1. The first kappa shape index (κ1) is 12.9. The van der Waals surface area contributed by atoms with Gasteiger partial charge in [-0.2, -0.15) is 0 Å². The van der Waals surface area contributed by atoms with Crippen molar-refractivity contribution in [3.05, 3.63) is 59.4 Å². The molecule has 0 fully saturated rings. The van der Waals surface area contributed by atoms with Gasteiger partial charge in [0.05, 0.1) is 11.0 Å². The van der Waals surface area contributed by atoms with Crippen molar-refractivity contribution < 1.29 is 0 Å². The molecule has 0 unspecified atom stereocenters. The van der Waals surface area contributed by atoms with Crippen LogP contribution in [0.2, 0.25) is 0 Å². The Balaban J connectivity index is 2.14. The number of nitrogens with one attached hydrogen (secondary N) is 1. The van der Waals surface area contributed by atoms with E-state index in [4.69, 9.17) is 0 Å². The molecule has 20 heavy (non-hydrogen) atoms. The van der Waals surface area contributed by atoms with Crippen molar-refractivity contribution in [2.45, 2.75) is 20.4 Å². The fraction of sp³-hybridized carbons (Fsp3) is 0.235. The lowest BCUT2D eigenvalue weighted by Crippen LogP contribution is -2.05. The summed E-state index contributed by atoms with van der Waals surface area (Å²) in [6.45, 7) is 5.14. The monoisotopic (exact) mass is 265 g/mol. The molecule has 0 saturated heterocycles. The van der Waals surface area contributed by atoms with Crippen LogP contribution in [0.3, 0.4) is 0 Å². The van der Waals surface area contributed by atoms with Gasteiger partial charge >= 0.3 is 0 Å². The predicted molar refractivity (Wildman–Crippen MR) is 83.3 cm³/mol. The van der Waals surface area contributed by atoms with Crippen LogP contribution in [0.15, 0.2) is 42.7 Å². The van der Waals surface area contributed by atoms with Gasteiger partial charge < -0.3 is 5.32 Å². The Morgan fingerprint density at radius 3 is 2.70 bits per heavy atom. The molecule has 0 spiro atoms. The van der Waals surface area contributed by atoms with Crippen LogP contribution in [0.4, 0.5) is 0 Å². The van der Waals surface area contributed by atoms with Crippen molar-refractivity contribution in [3.8, 4) is 5.69 Å². The lowest BCUT2D eigenvalue weighted by Gasteiger charge is -2.08. The SMILES string of the molecule is CNCc1cccc(-n2cnc3cc(C)c(C)cc32)c1. The van der Waals surface area contributed by atoms with Gasteiger partial charge in [0.2, 0.25) is 0 Å². The minimum atomic E-state index is 0.874. The molecule has 3 rings (SSSR count). The first-order valence-electron chi connectivity index (χ1n) is 6.87. The first-order valence-corrected chi connectivity index (χ1v) is 6.87. The second kappa shape index (κ2) is 5.10. The molecule has 0 aliphatic heterocycles. The molecule has 0 aliphatic carbocycles. The van der Waals surface area contributed by atoms with Crippen LogP contribution >= 0.6 is 0 Å². The van der Waals surface area contributed by atoms with Gasteiger partial charge in [0.1, 0.15) is 6.33 Å². The Morgan fingerprint density at radius 1 is 1.10 bits per heavy atom. The van der Waals surface area contributed by atoms with E-state index in [1.807, 2.05) is 13.4 Å². The number of hydrogen-bond acceptors (Lipinski definition) is 2. The van der Waals surface area contributed by atoms with Gasteiger partial charge in [-0.1, -0.05) is 12.1 Å². The van der Waals surface area contributed by atoms with Crippen LogP contribution in [-0.2, 0) is 6.54 Å². The Kier molecular flexibility index (Phi) is 3.28. The van der Waals surface area contributed by atoms with Crippen LogP contribution < -0.4 is 5.32 Å². The lowest BCUT2D eigenvalue weighted by molar-refractivity contribution is 0.816. The molecule has 3 aromatic rings. The number of fused-ring (bicyclic) bond motifs is 1. The average Bonchev–Trinajstić information content (AvgIpc) is 2.83. The van der Waals surface area contributed by atoms with Gasteiger partial charge in [0.15, 0.2) is 0 Å². The third-order valence-corrected chi connectivity index (χ3v) is 3.73. The molecule has 2 aromatic carbocycles. The second-order valence-electron chi connectivity index (χ2n) is 5.24. The Bertz CT molecular complexity index is 756. The van der Waals surface area contributed by atoms with Gasteiger partial charge in [-0.05, 0) is 61.9 Å². The van der Waals surface area contributed by atoms with Crippen LogP contribution in [0.25, 0.3) is 16.7 Å². The van der Waals surface area contributed by atoms with Gasteiger partial charge in [0, 0.05) is 12.2 Å². The largest absolute Gasteiger partial charge is 0.316 e. The third kappa shape index (κ3) is 2.21. The summed E-state index contributed by atoms with van der Waals surface area (Å²) in [6, 6.07) is 12.9. The fourth-order valence-electron chi connectivity index (χ4n) is 2.49. The minimum absolute atomic E-state index is 0.874. The standard InChI is InChI=1S/C17H19N3/c1-12-7-16-17(8-13(12)2)20(11-19-16)15-6-4-5-14(9-15)10-18-3/h4-9,11,18H,10H2,1-3H3. The molecule has 3 nitrogen and oxygen atoms in total. The molecule has 102 valence electrons. The number of aromatic nitrogens is 2. The van der Waals surface area contributed by atoms with Crippen LogP contribution in [-0.4, -0.2) is 16.6 Å². The Labute approximate surface area is 119 Å². The average molecular weight is 265 g/mol. The van der Waals surface area contributed by atoms with E-state index in [1.165, 1.54) is 16.7 Å². The number of benzene rings is 2. The second-order valence-corrected chi connectivity index (χ2v) is 5.24. The van der Waals surface area contributed by atoms with E-state index < -0.39 is 0 Å². The van der Waals surface area contributed by atoms with E-state index in [-0.39, 0.29) is 0 Å². The van der Waals surface area contributed by atoms with Crippen molar-refractivity contribution in [1.82, 2.24) is 14.9 Å². The maximum atomic E-state index is 4.52. The molecule has 3 heteroatoms. The van der Waals surface area contributed by atoms with Gasteiger partial charge in [-0.3, -0.25) is 4.57 Å². The zero-order chi connectivity index (χ0) is 14.1. The lowest BCUT2D eigenvalue weighted by atomic mass is 10.1. The summed E-state index contributed by atoms with van der Waals surface area (Å²) in [6.07, 6.45) is 1.90. The summed E-state index contributed by atoms with van der Waals surface area (Å²) < 4.78 is 2.15. The molecule has 0 aliphatic rings. The predicted octanol–water partition coefficient (Wildman–Crippen LogP) is 3.36. The highest BCUT2D eigenvalue weighted by Crippen LogP contribution is 2.22. The summed E-state index contributed by atoms with van der Waals surface area (Å²) in [4.78, 5) is 4.52. The molecular formula is C17H19N3. The van der Waals surface area contributed by atoms with Gasteiger partial charge in [0.25, 0.3) is 0 Å². The smallest absolute Gasteiger partial charge is 0.100 e. The summed E-state index contributed by atoms with van der Waals surface area (Å²) in [5.74, 6) is 0. The first-order chi connectivity index (χ1) is 9.69. The number of rotatable bonds is 3. The molecular weight excluding hydrogens is 246 g/mol. The highest BCUT2D eigenvalue weighted by molar-refractivity contribution is 5.79. The van der Waals surface area contributed by atoms with Crippen molar-refractivity contribution in [3.63, 3.8) is 0 Å². The van der Waals surface area contributed by atoms with Crippen molar-refractivity contribution in [2.75, 3.05) is 7.05 Å². The molecule has 1 heterocycles. The molecule has 0 atom stereocenters. The van der Waals surface area contributed by atoms with Crippen molar-refractivity contribution in [2.24, 2.45) is 0 Å². The van der Waals surface area contributed by atoms with Crippen LogP contribution in [0, 0.1) is 13.8 Å². The molecule has 0 radical (unpaired) electrons. The molecule has 1 aromatic heterocycles. The minimum Gasteiger partial charge on any atom is -0.316 e. The Hall–Kier alpha value is -2.13. The third-order valence-electron chi connectivity index (χ3n) is 3.73. The number of aryl methyl sites for hydroxylation is 2. The zero-order valence-electron chi connectivity index (χ0n) is 12.1. The molecule has 0 amide bonds.